The Hall–Kier alpha value is -3.22. The molecule has 3 amide bonds. The lowest BCUT2D eigenvalue weighted by Gasteiger charge is -2.24. The third-order valence-corrected chi connectivity index (χ3v) is 4.31. The van der Waals surface area contributed by atoms with Gasteiger partial charge in [0.15, 0.2) is 0 Å². The summed E-state index contributed by atoms with van der Waals surface area (Å²) in [5, 5.41) is 33.0. The molecule has 5 atom stereocenters. The molecule has 13 nitrogen and oxygen atoms in total. The third kappa shape index (κ3) is 9.32. The van der Waals surface area contributed by atoms with Crippen molar-refractivity contribution in [1.29, 1.82) is 0 Å². The first-order valence-electron chi connectivity index (χ1n) is 9.13. The minimum atomic E-state index is -1.70. The minimum absolute atomic E-state index is 0.262. The molecular formula is C17H28N4O9. The fourth-order valence-corrected chi connectivity index (χ4v) is 2.20. The number of nitrogens with two attached hydrogens (primary N) is 1. The first-order valence-corrected chi connectivity index (χ1v) is 9.13. The molecule has 0 aromatic carbocycles. The first kappa shape index (κ1) is 26.8. The van der Waals surface area contributed by atoms with Crippen LogP contribution in [0.3, 0.4) is 0 Å². The molecule has 0 aliphatic carbocycles. The summed E-state index contributed by atoms with van der Waals surface area (Å²) in [4.78, 5) is 69.8. The van der Waals surface area contributed by atoms with E-state index in [1.165, 1.54) is 0 Å². The van der Waals surface area contributed by atoms with E-state index in [1.54, 1.807) is 13.8 Å². The van der Waals surface area contributed by atoms with Gasteiger partial charge >= 0.3 is 17.9 Å². The van der Waals surface area contributed by atoms with Gasteiger partial charge in [-0.15, -0.1) is 0 Å². The maximum absolute atomic E-state index is 12.5. The SMILES string of the molecule is CCC(C)C(N)C(=O)NC(CC(=O)O)C(=O)NC(CC(=O)O)C(=O)NC(C)C(=O)O. The van der Waals surface area contributed by atoms with Crippen molar-refractivity contribution < 1.29 is 44.1 Å². The van der Waals surface area contributed by atoms with Crippen LogP contribution >= 0.6 is 0 Å². The van der Waals surface area contributed by atoms with Crippen LogP contribution in [-0.2, 0) is 28.8 Å². The second-order valence-electron chi connectivity index (χ2n) is 6.80. The predicted octanol–water partition coefficient (Wildman–Crippen LogP) is -2.13. The molecule has 0 aromatic rings. The Morgan fingerprint density at radius 2 is 1.17 bits per heavy atom. The molecule has 0 rings (SSSR count). The molecule has 0 aliphatic heterocycles. The highest BCUT2D eigenvalue weighted by molar-refractivity contribution is 5.96. The molecule has 170 valence electrons. The van der Waals surface area contributed by atoms with E-state index < -0.39 is 72.6 Å². The van der Waals surface area contributed by atoms with E-state index in [9.17, 15) is 28.8 Å². The summed E-state index contributed by atoms with van der Waals surface area (Å²) in [6.45, 7) is 4.60. The van der Waals surface area contributed by atoms with Crippen LogP contribution in [0.5, 0.6) is 0 Å². The molecule has 0 heterocycles. The highest BCUT2D eigenvalue weighted by Crippen LogP contribution is 2.06. The Labute approximate surface area is 172 Å². The number of carbonyl (C=O) groups is 6. The fraction of sp³-hybridized carbons (Fsp3) is 0.647. The molecule has 0 aromatic heterocycles. The number of aliphatic carboxylic acids is 3. The molecule has 0 bridgehead atoms. The minimum Gasteiger partial charge on any atom is -0.481 e. The standard InChI is InChI=1S/C17H28N4O9/c1-4-7(2)13(18)16(28)21-10(6-12(24)25)15(27)20-9(5-11(22)23)14(26)19-8(3)17(29)30/h7-10,13H,4-6,18H2,1-3H3,(H,19,26)(H,20,27)(H,21,28)(H,22,23)(H,24,25)(H,29,30). The van der Waals surface area contributed by atoms with Crippen molar-refractivity contribution in [1.82, 2.24) is 16.0 Å². The smallest absolute Gasteiger partial charge is 0.325 e. The van der Waals surface area contributed by atoms with Crippen molar-refractivity contribution in [2.24, 2.45) is 11.7 Å². The monoisotopic (exact) mass is 432 g/mol. The molecule has 0 saturated heterocycles. The van der Waals surface area contributed by atoms with Gasteiger partial charge < -0.3 is 37.0 Å². The van der Waals surface area contributed by atoms with Crippen molar-refractivity contribution in [2.45, 2.75) is 64.2 Å². The van der Waals surface area contributed by atoms with Crippen LogP contribution in [0, 0.1) is 5.92 Å². The molecule has 0 radical (unpaired) electrons. The van der Waals surface area contributed by atoms with Gasteiger partial charge in [0, 0.05) is 0 Å². The molecule has 0 fully saturated rings. The van der Waals surface area contributed by atoms with E-state index in [-0.39, 0.29) is 5.92 Å². The second kappa shape index (κ2) is 12.4. The normalized spacial score (nSPS) is 15.6. The van der Waals surface area contributed by atoms with Crippen LogP contribution < -0.4 is 21.7 Å². The van der Waals surface area contributed by atoms with Crippen molar-refractivity contribution in [3.63, 3.8) is 0 Å². The summed E-state index contributed by atoms with van der Waals surface area (Å²) in [7, 11) is 0. The largest absolute Gasteiger partial charge is 0.481 e. The number of nitrogens with one attached hydrogen (secondary N) is 3. The highest BCUT2D eigenvalue weighted by Gasteiger charge is 2.32. The fourth-order valence-electron chi connectivity index (χ4n) is 2.20. The van der Waals surface area contributed by atoms with Gasteiger partial charge in [-0.3, -0.25) is 28.8 Å². The zero-order valence-corrected chi connectivity index (χ0v) is 16.9. The van der Waals surface area contributed by atoms with Crippen LogP contribution in [0.25, 0.3) is 0 Å². The Balaban J connectivity index is 5.44. The summed E-state index contributed by atoms with van der Waals surface area (Å²) in [6.07, 6.45) is -1.20. The zero-order chi connectivity index (χ0) is 23.6. The van der Waals surface area contributed by atoms with E-state index in [1.807, 2.05) is 10.6 Å². The summed E-state index contributed by atoms with van der Waals surface area (Å²) in [6, 6.07) is -5.72. The quantitative estimate of drug-likeness (QED) is 0.167. The van der Waals surface area contributed by atoms with Crippen molar-refractivity contribution in [3.8, 4) is 0 Å². The molecule has 30 heavy (non-hydrogen) atoms. The Morgan fingerprint density at radius 1 is 0.767 bits per heavy atom. The van der Waals surface area contributed by atoms with Crippen LogP contribution in [0.1, 0.15) is 40.0 Å². The number of carbonyl (C=O) groups excluding carboxylic acids is 3. The molecule has 0 aliphatic rings. The zero-order valence-electron chi connectivity index (χ0n) is 16.9. The van der Waals surface area contributed by atoms with E-state index in [4.69, 9.17) is 21.1 Å². The third-order valence-electron chi connectivity index (χ3n) is 4.31. The Kier molecular flexibility index (Phi) is 11.0. The van der Waals surface area contributed by atoms with Crippen molar-refractivity contribution in [3.05, 3.63) is 0 Å². The van der Waals surface area contributed by atoms with Gasteiger partial charge in [-0.25, -0.2) is 0 Å². The lowest BCUT2D eigenvalue weighted by atomic mass is 9.99. The summed E-state index contributed by atoms with van der Waals surface area (Å²) in [5.74, 6) is -7.59. The number of carboxylic acid groups (broad SMARTS) is 3. The van der Waals surface area contributed by atoms with Gasteiger partial charge in [0.25, 0.3) is 0 Å². The molecule has 0 spiro atoms. The number of rotatable bonds is 13. The Bertz CT molecular complexity index is 682. The lowest BCUT2D eigenvalue weighted by Crippen LogP contribution is -2.58. The summed E-state index contributed by atoms with van der Waals surface area (Å²) < 4.78 is 0. The number of hydrogen-bond acceptors (Lipinski definition) is 7. The van der Waals surface area contributed by atoms with Gasteiger partial charge in [0.2, 0.25) is 17.7 Å². The van der Waals surface area contributed by atoms with Gasteiger partial charge in [-0.05, 0) is 12.8 Å². The summed E-state index contributed by atoms with van der Waals surface area (Å²) >= 11 is 0. The number of amides is 3. The van der Waals surface area contributed by atoms with Crippen LogP contribution in [0.2, 0.25) is 0 Å². The Morgan fingerprint density at radius 3 is 1.53 bits per heavy atom. The number of carboxylic acids is 3. The van der Waals surface area contributed by atoms with Crippen LogP contribution in [-0.4, -0.2) is 75.1 Å². The average Bonchev–Trinajstić information content (AvgIpc) is 2.64. The van der Waals surface area contributed by atoms with Crippen LogP contribution in [0.15, 0.2) is 0 Å². The van der Waals surface area contributed by atoms with Gasteiger partial charge in [-0.1, -0.05) is 20.3 Å². The van der Waals surface area contributed by atoms with E-state index in [0.29, 0.717) is 6.42 Å². The predicted molar refractivity (Wildman–Crippen MR) is 101 cm³/mol. The topological polar surface area (TPSA) is 225 Å². The molecule has 0 saturated carbocycles. The maximum Gasteiger partial charge on any atom is 0.325 e. The van der Waals surface area contributed by atoms with E-state index in [0.717, 1.165) is 6.92 Å². The second-order valence-corrected chi connectivity index (χ2v) is 6.80. The van der Waals surface area contributed by atoms with Crippen molar-refractivity contribution >= 4 is 35.6 Å². The van der Waals surface area contributed by atoms with E-state index >= 15 is 0 Å². The molecule has 13 heteroatoms. The number of hydrogen-bond donors (Lipinski definition) is 7. The van der Waals surface area contributed by atoms with Gasteiger partial charge in [-0.2, -0.15) is 0 Å². The average molecular weight is 432 g/mol. The van der Waals surface area contributed by atoms with E-state index in [2.05, 4.69) is 5.32 Å². The van der Waals surface area contributed by atoms with Gasteiger partial charge in [0.05, 0.1) is 18.9 Å². The molecule has 8 N–H and O–H groups in total. The highest BCUT2D eigenvalue weighted by atomic mass is 16.4. The first-order chi connectivity index (χ1) is 13.8. The summed E-state index contributed by atoms with van der Waals surface area (Å²) in [5.41, 5.74) is 5.76. The maximum atomic E-state index is 12.5. The molecule has 5 unspecified atom stereocenters. The van der Waals surface area contributed by atoms with Gasteiger partial charge in [0.1, 0.15) is 18.1 Å². The van der Waals surface area contributed by atoms with Crippen molar-refractivity contribution in [2.75, 3.05) is 0 Å². The van der Waals surface area contributed by atoms with Crippen LogP contribution in [0.4, 0.5) is 0 Å². The lowest BCUT2D eigenvalue weighted by molar-refractivity contribution is -0.144. The molecular weight excluding hydrogens is 404 g/mol.